The second-order valence-corrected chi connectivity index (χ2v) is 11.7. The molecular weight excluding hydrogens is 615 g/mol. The van der Waals surface area contributed by atoms with E-state index in [-0.39, 0.29) is 18.4 Å². The van der Waals surface area contributed by atoms with Crippen molar-refractivity contribution in [2.75, 3.05) is 39.2 Å². The Kier molecular flexibility index (Phi) is 14.5. The monoisotopic (exact) mass is 660 g/mol. The maximum atomic E-state index is 15.2. The predicted octanol–water partition coefficient (Wildman–Crippen LogP) is 5.04. The van der Waals surface area contributed by atoms with Crippen LogP contribution in [0.2, 0.25) is 0 Å². The van der Waals surface area contributed by atoms with Crippen LogP contribution in [0.4, 0.5) is 10.1 Å². The summed E-state index contributed by atoms with van der Waals surface area (Å²) < 4.78 is 26.4. The number of carbonyl (C=O) groups is 3. The van der Waals surface area contributed by atoms with Crippen molar-refractivity contribution in [1.82, 2.24) is 10.6 Å². The van der Waals surface area contributed by atoms with Gasteiger partial charge in [-0.3, -0.25) is 9.59 Å². The largest absolute Gasteiger partial charge is 0.495 e. The Bertz CT molecular complexity index is 1580. The van der Waals surface area contributed by atoms with E-state index in [1.54, 1.807) is 64.5 Å². The van der Waals surface area contributed by atoms with Gasteiger partial charge >= 0.3 is 0 Å². The number of nitriles is 1. The molecule has 1 atom stereocenters. The number of nitrogens with one attached hydrogen (secondary N) is 2. The Labute approximate surface area is 281 Å². The molecule has 11 heteroatoms. The van der Waals surface area contributed by atoms with Gasteiger partial charge in [0.1, 0.15) is 36.3 Å². The average Bonchev–Trinajstić information content (AvgIpc) is 3.11. The summed E-state index contributed by atoms with van der Waals surface area (Å²) in [7, 11) is 4.92. The molecule has 0 saturated carbocycles. The fraction of sp³-hybridized carbons (Fsp3) is 0.405. The smallest absolute Gasteiger partial charge is 0.219 e. The summed E-state index contributed by atoms with van der Waals surface area (Å²) in [6.45, 7) is 3.64. The van der Waals surface area contributed by atoms with Crippen molar-refractivity contribution in [3.05, 3.63) is 88.2 Å². The normalized spacial score (nSPS) is 14.1. The molecule has 4 rings (SSSR count). The Balaban J connectivity index is 0.000000609. The van der Waals surface area contributed by atoms with E-state index in [9.17, 15) is 24.8 Å². The quantitative estimate of drug-likeness (QED) is 0.160. The molecule has 48 heavy (non-hydrogen) atoms. The summed E-state index contributed by atoms with van der Waals surface area (Å²) in [6, 6.07) is 17.7. The number of carbonyl (C=O) groups excluding carboxylic acids is 3. The van der Waals surface area contributed by atoms with Gasteiger partial charge in [0, 0.05) is 68.0 Å². The number of hydrogen-bond donors (Lipinski definition) is 3. The molecule has 0 spiro atoms. The first-order chi connectivity index (χ1) is 23.1. The standard InChI is InChI=1S/C31H34FN3O4.C6H11NO2/c1-31(37,24-11-13-35(14-12-24)26-10-8-21(17-33)30(16-26)38-3)25-9-7-23(28(32)15-25)20-39-29-6-4-5-22(19-36)27(29)18-34-2;1-7-6(9)4-2-3-5-8/h4-10,15-16,19,24,34,37H,11-14,18,20H2,1-3H3;5H,2-4H2,1H3,(H,7,9). The summed E-state index contributed by atoms with van der Waals surface area (Å²) in [5.41, 5.74) is 2.40. The minimum absolute atomic E-state index is 0.000275. The highest BCUT2D eigenvalue weighted by Gasteiger charge is 2.36. The number of methoxy groups -OCH3 is 1. The fourth-order valence-corrected chi connectivity index (χ4v) is 5.70. The van der Waals surface area contributed by atoms with Crippen molar-refractivity contribution < 1.29 is 33.4 Å². The molecule has 1 heterocycles. The summed E-state index contributed by atoms with van der Waals surface area (Å²) >= 11 is 0. The molecule has 256 valence electrons. The highest BCUT2D eigenvalue weighted by Crippen LogP contribution is 2.38. The van der Waals surface area contributed by atoms with Gasteiger partial charge in [-0.05, 0) is 69.0 Å². The molecule has 0 bridgehead atoms. The van der Waals surface area contributed by atoms with Crippen LogP contribution in [-0.4, -0.2) is 57.9 Å². The number of aldehydes is 2. The number of nitrogens with zero attached hydrogens (tertiary/aromatic N) is 2. The van der Waals surface area contributed by atoms with Crippen LogP contribution in [-0.2, 0) is 28.3 Å². The maximum Gasteiger partial charge on any atom is 0.219 e. The molecule has 3 aromatic carbocycles. The Morgan fingerprint density at radius 2 is 1.88 bits per heavy atom. The predicted molar refractivity (Wildman–Crippen MR) is 182 cm³/mol. The maximum absolute atomic E-state index is 15.2. The Morgan fingerprint density at radius 3 is 2.48 bits per heavy atom. The van der Waals surface area contributed by atoms with Gasteiger partial charge in [-0.1, -0.05) is 24.3 Å². The van der Waals surface area contributed by atoms with Crippen LogP contribution in [0.3, 0.4) is 0 Å². The summed E-state index contributed by atoms with van der Waals surface area (Å²) in [6.07, 6.45) is 4.64. The molecule has 1 saturated heterocycles. The van der Waals surface area contributed by atoms with Gasteiger partial charge in [-0.2, -0.15) is 5.26 Å². The lowest BCUT2D eigenvalue weighted by molar-refractivity contribution is -0.120. The van der Waals surface area contributed by atoms with Gasteiger partial charge in [0.25, 0.3) is 0 Å². The molecule has 0 radical (unpaired) electrons. The molecule has 1 aliphatic heterocycles. The van der Waals surface area contributed by atoms with E-state index < -0.39 is 11.4 Å². The number of halogens is 1. The van der Waals surface area contributed by atoms with Crippen LogP contribution >= 0.6 is 0 Å². The molecular formula is C37H45FN4O6. The van der Waals surface area contributed by atoms with Gasteiger partial charge in [-0.25, -0.2) is 4.39 Å². The van der Waals surface area contributed by atoms with Gasteiger partial charge in [0.15, 0.2) is 6.29 Å². The van der Waals surface area contributed by atoms with Gasteiger partial charge in [0.2, 0.25) is 5.91 Å². The number of hydrogen-bond acceptors (Lipinski definition) is 9. The molecule has 1 amide bonds. The molecule has 10 nitrogen and oxygen atoms in total. The summed E-state index contributed by atoms with van der Waals surface area (Å²) in [5.74, 6) is 0.564. The first-order valence-corrected chi connectivity index (χ1v) is 16.0. The third-order valence-electron chi connectivity index (χ3n) is 8.64. The van der Waals surface area contributed by atoms with E-state index in [0.717, 1.165) is 49.8 Å². The number of unbranched alkanes of at least 4 members (excludes halogenated alkanes) is 1. The lowest BCUT2D eigenvalue weighted by atomic mass is 9.77. The zero-order valence-corrected chi connectivity index (χ0v) is 28.1. The van der Waals surface area contributed by atoms with Gasteiger partial charge in [0.05, 0.1) is 18.3 Å². The van der Waals surface area contributed by atoms with Crippen LogP contribution in [0.1, 0.15) is 71.6 Å². The van der Waals surface area contributed by atoms with Gasteiger partial charge in [-0.15, -0.1) is 0 Å². The molecule has 0 aliphatic carbocycles. The van der Waals surface area contributed by atoms with Crippen molar-refractivity contribution >= 4 is 24.2 Å². The van der Waals surface area contributed by atoms with Crippen LogP contribution in [0.25, 0.3) is 0 Å². The zero-order chi connectivity index (χ0) is 35.1. The molecule has 1 fully saturated rings. The third kappa shape index (κ3) is 9.86. The van der Waals surface area contributed by atoms with Crippen LogP contribution < -0.4 is 25.0 Å². The minimum atomic E-state index is -1.20. The topological polar surface area (TPSA) is 141 Å². The highest BCUT2D eigenvalue weighted by atomic mass is 19.1. The summed E-state index contributed by atoms with van der Waals surface area (Å²) in [4.78, 5) is 33.8. The zero-order valence-electron chi connectivity index (χ0n) is 28.1. The number of amides is 1. The van der Waals surface area contributed by atoms with E-state index in [2.05, 4.69) is 21.6 Å². The number of benzene rings is 3. The first kappa shape index (κ1) is 37.7. The lowest BCUT2D eigenvalue weighted by Gasteiger charge is -2.41. The number of aliphatic hydroxyl groups is 1. The molecule has 3 aromatic rings. The molecule has 1 aliphatic rings. The van der Waals surface area contributed by atoms with Crippen molar-refractivity contribution in [3.8, 4) is 17.6 Å². The molecule has 1 unspecified atom stereocenters. The van der Waals surface area contributed by atoms with Crippen LogP contribution in [0, 0.1) is 23.1 Å². The molecule has 3 N–H and O–H groups in total. The summed E-state index contributed by atoms with van der Waals surface area (Å²) in [5, 5.41) is 26.2. The third-order valence-corrected chi connectivity index (χ3v) is 8.64. The number of ether oxygens (including phenoxy) is 2. The Hall–Kier alpha value is -4.79. The van der Waals surface area contributed by atoms with E-state index in [0.29, 0.717) is 59.6 Å². The number of piperidine rings is 1. The Morgan fingerprint density at radius 1 is 1.12 bits per heavy atom. The van der Waals surface area contributed by atoms with Gasteiger partial charge < -0.3 is 34.9 Å². The van der Waals surface area contributed by atoms with E-state index >= 15 is 4.39 Å². The lowest BCUT2D eigenvalue weighted by Crippen LogP contribution is -2.42. The number of anilines is 1. The first-order valence-electron chi connectivity index (χ1n) is 16.0. The molecule has 0 aromatic heterocycles. The highest BCUT2D eigenvalue weighted by molar-refractivity contribution is 5.78. The second kappa shape index (κ2) is 18.5. The SMILES string of the molecule is CNC(=O)CCCC=O.CNCc1c(C=O)cccc1OCc1ccc(C(C)(O)C2CCN(c3ccc(C#N)c(OC)c3)CC2)cc1F. The fourth-order valence-electron chi connectivity index (χ4n) is 5.70. The van der Waals surface area contributed by atoms with Crippen LogP contribution in [0.5, 0.6) is 11.5 Å². The van der Waals surface area contributed by atoms with Crippen LogP contribution in [0.15, 0.2) is 54.6 Å². The average molecular weight is 661 g/mol. The van der Waals surface area contributed by atoms with E-state index in [4.69, 9.17) is 9.47 Å². The minimum Gasteiger partial charge on any atom is -0.495 e. The van der Waals surface area contributed by atoms with Crippen molar-refractivity contribution in [3.63, 3.8) is 0 Å². The van der Waals surface area contributed by atoms with Crippen molar-refractivity contribution in [1.29, 1.82) is 5.26 Å². The second-order valence-electron chi connectivity index (χ2n) is 11.7. The van der Waals surface area contributed by atoms with Crippen molar-refractivity contribution in [2.45, 2.75) is 57.8 Å². The van der Waals surface area contributed by atoms with E-state index in [1.165, 1.54) is 6.07 Å². The van der Waals surface area contributed by atoms with E-state index in [1.807, 2.05) is 12.1 Å². The number of rotatable bonds is 14. The van der Waals surface area contributed by atoms with Crippen molar-refractivity contribution in [2.24, 2.45) is 5.92 Å².